The number of fused-ring (bicyclic) bond motifs is 1. The van der Waals surface area contributed by atoms with Gasteiger partial charge in [0.05, 0.1) is 17.5 Å². The second kappa shape index (κ2) is 9.43. The van der Waals surface area contributed by atoms with Gasteiger partial charge in [-0.3, -0.25) is 0 Å². The highest BCUT2D eigenvalue weighted by Gasteiger charge is 2.31. The molecule has 0 radical (unpaired) electrons. The molecule has 1 aromatic heterocycles. The van der Waals surface area contributed by atoms with Gasteiger partial charge in [0.15, 0.2) is 0 Å². The average molecular weight is 481 g/mol. The van der Waals surface area contributed by atoms with Crippen molar-refractivity contribution >= 4 is 32.4 Å². The van der Waals surface area contributed by atoms with Crippen LogP contribution in [0.15, 0.2) is 59.5 Å². The van der Waals surface area contributed by atoms with E-state index >= 15 is 0 Å². The molecule has 3 aromatic rings. The molecule has 0 aliphatic carbocycles. The third-order valence-electron chi connectivity index (χ3n) is 7.04. The molecule has 5 rings (SSSR count). The number of piperazine rings is 1. The van der Waals surface area contributed by atoms with Crippen LogP contribution in [-0.2, 0) is 10.0 Å². The van der Waals surface area contributed by atoms with Gasteiger partial charge in [-0.15, -0.1) is 0 Å². The number of benzene rings is 2. The van der Waals surface area contributed by atoms with Gasteiger partial charge in [-0.2, -0.15) is 4.31 Å². The van der Waals surface area contributed by atoms with Crippen LogP contribution in [0.3, 0.4) is 0 Å². The molecule has 0 unspecified atom stereocenters. The van der Waals surface area contributed by atoms with Crippen LogP contribution in [0.25, 0.3) is 10.9 Å². The summed E-state index contributed by atoms with van der Waals surface area (Å²) in [5.41, 5.74) is 2.02. The highest BCUT2D eigenvalue weighted by Crippen LogP contribution is 2.28. The Labute approximate surface area is 202 Å². The Morgan fingerprint density at radius 1 is 0.882 bits per heavy atom. The van der Waals surface area contributed by atoms with E-state index in [0.717, 1.165) is 67.9 Å². The lowest BCUT2D eigenvalue weighted by Gasteiger charge is -2.36. The Balaban J connectivity index is 1.30. The van der Waals surface area contributed by atoms with Gasteiger partial charge >= 0.3 is 0 Å². The maximum Gasteiger partial charge on any atom is 0.243 e. The summed E-state index contributed by atoms with van der Waals surface area (Å²) in [6.45, 7) is 6.18. The normalized spacial score (nSPS) is 20.0. The van der Waals surface area contributed by atoms with Gasteiger partial charge in [0, 0.05) is 49.8 Å². The fraction of sp³-hybridized carbons (Fsp3) is 0.423. The minimum absolute atomic E-state index is 0.0477. The third kappa shape index (κ3) is 4.44. The van der Waals surface area contributed by atoms with Crippen LogP contribution in [0.1, 0.15) is 26.2 Å². The largest absolute Gasteiger partial charge is 0.497 e. The summed E-state index contributed by atoms with van der Waals surface area (Å²) in [7, 11) is -1.81. The van der Waals surface area contributed by atoms with Gasteiger partial charge in [-0.25, -0.2) is 13.4 Å². The van der Waals surface area contributed by atoms with Crippen LogP contribution in [0, 0.1) is 0 Å². The fourth-order valence-corrected chi connectivity index (χ4v) is 6.72. The molecule has 34 heavy (non-hydrogen) atoms. The summed E-state index contributed by atoms with van der Waals surface area (Å²) in [5.74, 6) is 1.80. The van der Waals surface area contributed by atoms with E-state index in [1.807, 2.05) is 37.3 Å². The van der Waals surface area contributed by atoms with Crippen LogP contribution >= 0.6 is 0 Å². The molecule has 0 saturated carbocycles. The molecule has 2 aliphatic rings. The second-order valence-corrected chi connectivity index (χ2v) is 11.0. The maximum atomic E-state index is 13.2. The van der Waals surface area contributed by atoms with Crippen molar-refractivity contribution in [3.63, 3.8) is 0 Å². The van der Waals surface area contributed by atoms with E-state index in [1.165, 1.54) is 5.69 Å². The molecule has 0 N–H and O–H groups in total. The van der Waals surface area contributed by atoms with E-state index in [0.29, 0.717) is 11.4 Å². The summed E-state index contributed by atoms with van der Waals surface area (Å²) >= 11 is 0. The van der Waals surface area contributed by atoms with E-state index in [1.54, 1.807) is 23.5 Å². The zero-order valence-electron chi connectivity index (χ0n) is 19.9. The lowest BCUT2D eigenvalue weighted by molar-refractivity contribution is 0.268. The first-order valence-electron chi connectivity index (χ1n) is 12.0. The first-order valence-corrected chi connectivity index (χ1v) is 13.5. The van der Waals surface area contributed by atoms with Crippen molar-refractivity contribution in [2.24, 2.45) is 0 Å². The van der Waals surface area contributed by atoms with Gasteiger partial charge < -0.3 is 14.5 Å². The fourth-order valence-electron chi connectivity index (χ4n) is 4.98. The highest BCUT2D eigenvalue weighted by atomic mass is 32.2. The van der Waals surface area contributed by atoms with Crippen molar-refractivity contribution in [3.05, 3.63) is 54.6 Å². The molecule has 3 heterocycles. The zero-order chi connectivity index (χ0) is 23.7. The molecule has 0 bridgehead atoms. The molecule has 180 valence electrons. The number of ether oxygens (including phenoxy) is 1. The Kier molecular flexibility index (Phi) is 6.36. The number of pyridine rings is 1. The topological polar surface area (TPSA) is 66.0 Å². The predicted octanol–water partition coefficient (Wildman–Crippen LogP) is 4.13. The predicted molar refractivity (Wildman–Crippen MR) is 136 cm³/mol. The third-order valence-corrected chi connectivity index (χ3v) is 9.05. The smallest absolute Gasteiger partial charge is 0.243 e. The number of sulfonamides is 1. The van der Waals surface area contributed by atoms with Gasteiger partial charge in [0.25, 0.3) is 0 Å². The van der Waals surface area contributed by atoms with Crippen molar-refractivity contribution < 1.29 is 13.2 Å². The second-order valence-electron chi connectivity index (χ2n) is 9.16. The average Bonchev–Trinajstić information content (AvgIpc) is 2.88. The molecule has 2 fully saturated rings. The molecular weight excluding hydrogens is 448 g/mol. The molecular formula is C26H32N4O3S. The minimum atomic E-state index is -3.49. The van der Waals surface area contributed by atoms with Crippen LogP contribution in [-0.4, -0.2) is 63.6 Å². The van der Waals surface area contributed by atoms with Crippen LogP contribution in [0.5, 0.6) is 5.75 Å². The van der Waals surface area contributed by atoms with Crippen LogP contribution < -0.4 is 14.5 Å². The summed E-state index contributed by atoms with van der Waals surface area (Å²) in [6, 6.07) is 17.5. The molecule has 0 spiro atoms. The maximum absolute atomic E-state index is 13.2. The zero-order valence-corrected chi connectivity index (χ0v) is 20.7. The number of methoxy groups -OCH3 is 1. The van der Waals surface area contributed by atoms with Gasteiger partial charge in [0.1, 0.15) is 11.6 Å². The number of aromatic nitrogens is 1. The van der Waals surface area contributed by atoms with E-state index in [-0.39, 0.29) is 6.04 Å². The monoisotopic (exact) mass is 480 g/mol. The summed E-state index contributed by atoms with van der Waals surface area (Å²) in [4.78, 5) is 9.87. The first-order chi connectivity index (χ1) is 16.5. The van der Waals surface area contributed by atoms with Crippen molar-refractivity contribution in [2.45, 2.75) is 37.1 Å². The van der Waals surface area contributed by atoms with Gasteiger partial charge in [-0.1, -0.05) is 6.42 Å². The lowest BCUT2D eigenvalue weighted by Crippen LogP contribution is -2.46. The standard InChI is InChI=1S/C26H32N4O3S/c1-20-5-3-4-14-30(20)34(31,32)24-11-12-25-21(19-24)6-13-26(27-25)29-17-15-28(16-18-29)22-7-9-23(33-2)10-8-22/h6-13,19-20H,3-5,14-18H2,1-2H3/t20-/m0/s1. The van der Waals surface area contributed by atoms with Crippen molar-refractivity contribution in [3.8, 4) is 5.75 Å². The highest BCUT2D eigenvalue weighted by molar-refractivity contribution is 7.89. The lowest BCUT2D eigenvalue weighted by atomic mass is 10.1. The van der Waals surface area contributed by atoms with E-state index in [2.05, 4.69) is 21.9 Å². The number of anilines is 2. The summed E-state index contributed by atoms with van der Waals surface area (Å²) in [5, 5.41) is 0.853. The molecule has 1 atom stereocenters. The molecule has 0 amide bonds. The van der Waals surface area contributed by atoms with Crippen molar-refractivity contribution in [1.82, 2.24) is 9.29 Å². The van der Waals surface area contributed by atoms with Gasteiger partial charge in [-0.05, 0) is 74.4 Å². The summed E-state index contributed by atoms with van der Waals surface area (Å²) < 4.78 is 33.4. The number of hydrogen-bond acceptors (Lipinski definition) is 6. The van der Waals surface area contributed by atoms with E-state index in [9.17, 15) is 8.42 Å². The van der Waals surface area contributed by atoms with Gasteiger partial charge in [0.2, 0.25) is 10.0 Å². The number of piperidine rings is 1. The number of hydrogen-bond donors (Lipinski definition) is 0. The van der Waals surface area contributed by atoms with Crippen LogP contribution in [0.4, 0.5) is 11.5 Å². The Morgan fingerprint density at radius 3 is 2.32 bits per heavy atom. The molecule has 2 aliphatic heterocycles. The Bertz CT molecular complexity index is 1250. The quantitative estimate of drug-likeness (QED) is 0.547. The Hall–Kier alpha value is -2.84. The van der Waals surface area contributed by atoms with E-state index in [4.69, 9.17) is 9.72 Å². The SMILES string of the molecule is COc1ccc(N2CCN(c3ccc4cc(S(=O)(=O)N5CCCC[C@@H]5C)ccc4n3)CC2)cc1. The van der Waals surface area contributed by atoms with Crippen LogP contribution in [0.2, 0.25) is 0 Å². The first kappa shape index (κ1) is 22.9. The number of nitrogens with zero attached hydrogens (tertiary/aromatic N) is 4. The Morgan fingerprint density at radius 2 is 1.62 bits per heavy atom. The molecule has 8 heteroatoms. The molecule has 2 saturated heterocycles. The molecule has 2 aromatic carbocycles. The van der Waals surface area contributed by atoms with Crippen molar-refractivity contribution in [2.75, 3.05) is 49.6 Å². The minimum Gasteiger partial charge on any atom is -0.497 e. The van der Waals surface area contributed by atoms with E-state index < -0.39 is 10.0 Å². The van der Waals surface area contributed by atoms with Crippen molar-refractivity contribution in [1.29, 1.82) is 0 Å². The molecule has 7 nitrogen and oxygen atoms in total. The number of rotatable bonds is 5. The summed E-state index contributed by atoms with van der Waals surface area (Å²) in [6.07, 6.45) is 2.93.